The molecule has 6 heteroatoms. The highest BCUT2D eigenvalue weighted by molar-refractivity contribution is 6.03. The minimum absolute atomic E-state index is 0.00594. The van der Waals surface area contributed by atoms with Gasteiger partial charge in [-0.3, -0.25) is 14.5 Å². The lowest BCUT2D eigenvalue weighted by Gasteiger charge is -2.34. The molecule has 2 atom stereocenters. The average molecular weight is 380 g/mol. The Morgan fingerprint density at radius 2 is 2.04 bits per heavy atom. The maximum atomic E-state index is 13.2. The molecule has 146 valence electrons. The quantitative estimate of drug-likeness (QED) is 0.818. The molecule has 2 heterocycles. The van der Waals surface area contributed by atoms with E-state index in [-0.39, 0.29) is 24.4 Å². The SMILES string of the molecule is COc1cccc(C2CCCN2C(=O)CN2C(=O)C(C)Oc3ccccc32)c1. The van der Waals surface area contributed by atoms with Gasteiger partial charge in [0.25, 0.3) is 5.91 Å². The maximum Gasteiger partial charge on any atom is 0.268 e. The molecule has 28 heavy (non-hydrogen) atoms. The van der Waals surface area contributed by atoms with Gasteiger partial charge in [0.05, 0.1) is 18.8 Å². The van der Waals surface area contributed by atoms with Gasteiger partial charge in [0.2, 0.25) is 5.91 Å². The van der Waals surface area contributed by atoms with Crippen molar-refractivity contribution >= 4 is 17.5 Å². The fourth-order valence-electron chi connectivity index (χ4n) is 4.01. The predicted octanol–water partition coefficient (Wildman–Crippen LogP) is 3.17. The molecule has 2 aromatic rings. The van der Waals surface area contributed by atoms with Crippen molar-refractivity contribution in [3.05, 3.63) is 54.1 Å². The van der Waals surface area contributed by atoms with E-state index in [2.05, 4.69) is 0 Å². The number of anilines is 1. The molecule has 1 fully saturated rings. The van der Waals surface area contributed by atoms with E-state index in [1.165, 1.54) is 0 Å². The number of carbonyl (C=O) groups excluding carboxylic acids is 2. The number of carbonyl (C=O) groups is 2. The summed E-state index contributed by atoms with van der Waals surface area (Å²) in [5.41, 5.74) is 1.71. The fraction of sp³-hybridized carbons (Fsp3) is 0.364. The van der Waals surface area contributed by atoms with Crippen LogP contribution in [0.4, 0.5) is 5.69 Å². The third-order valence-electron chi connectivity index (χ3n) is 5.42. The monoisotopic (exact) mass is 380 g/mol. The molecule has 0 radical (unpaired) electrons. The zero-order valence-electron chi connectivity index (χ0n) is 16.1. The van der Waals surface area contributed by atoms with Crippen LogP contribution in [0.2, 0.25) is 0 Å². The van der Waals surface area contributed by atoms with E-state index in [0.717, 1.165) is 24.2 Å². The van der Waals surface area contributed by atoms with Crippen molar-refractivity contribution in [2.45, 2.75) is 31.9 Å². The van der Waals surface area contributed by atoms with Crippen LogP contribution in [0.25, 0.3) is 0 Å². The van der Waals surface area contributed by atoms with Gasteiger partial charge in [0.15, 0.2) is 6.10 Å². The summed E-state index contributed by atoms with van der Waals surface area (Å²) in [6.07, 6.45) is 1.25. The third-order valence-corrected chi connectivity index (χ3v) is 5.42. The van der Waals surface area contributed by atoms with Gasteiger partial charge < -0.3 is 14.4 Å². The van der Waals surface area contributed by atoms with Crippen LogP contribution >= 0.6 is 0 Å². The largest absolute Gasteiger partial charge is 0.497 e. The van der Waals surface area contributed by atoms with E-state index in [4.69, 9.17) is 9.47 Å². The first-order valence-corrected chi connectivity index (χ1v) is 9.59. The number of benzene rings is 2. The molecule has 2 unspecified atom stereocenters. The number of amides is 2. The van der Waals surface area contributed by atoms with Crippen LogP contribution in [0.3, 0.4) is 0 Å². The van der Waals surface area contributed by atoms with Gasteiger partial charge >= 0.3 is 0 Å². The normalized spacial score (nSPS) is 21.3. The van der Waals surface area contributed by atoms with E-state index >= 15 is 0 Å². The minimum Gasteiger partial charge on any atom is -0.497 e. The van der Waals surface area contributed by atoms with Crippen LogP contribution in [0.1, 0.15) is 31.4 Å². The molecule has 2 aliphatic rings. The molecule has 1 saturated heterocycles. The second-order valence-corrected chi connectivity index (χ2v) is 7.17. The Hall–Kier alpha value is -3.02. The van der Waals surface area contributed by atoms with Crippen molar-refractivity contribution in [2.75, 3.05) is 25.1 Å². The van der Waals surface area contributed by atoms with E-state index < -0.39 is 6.10 Å². The number of ether oxygens (including phenoxy) is 2. The molecule has 4 rings (SSSR count). The van der Waals surface area contributed by atoms with Crippen molar-refractivity contribution in [3.8, 4) is 11.5 Å². The summed E-state index contributed by atoms with van der Waals surface area (Å²) in [7, 11) is 1.64. The van der Waals surface area contributed by atoms with E-state index in [1.54, 1.807) is 18.9 Å². The summed E-state index contributed by atoms with van der Waals surface area (Å²) in [5, 5.41) is 0. The van der Waals surface area contributed by atoms with Crippen LogP contribution < -0.4 is 14.4 Å². The average Bonchev–Trinajstić information content (AvgIpc) is 3.21. The van der Waals surface area contributed by atoms with Crippen molar-refractivity contribution in [1.29, 1.82) is 0 Å². The van der Waals surface area contributed by atoms with Gasteiger partial charge in [-0.1, -0.05) is 24.3 Å². The highest BCUT2D eigenvalue weighted by Crippen LogP contribution is 2.36. The lowest BCUT2D eigenvalue weighted by Crippen LogP contribution is -2.49. The molecule has 0 saturated carbocycles. The van der Waals surface area contributed by atoms with Crippen molar-refractivity contribution < 1.29 is 19.1 Å². The maximum absolute atomic E-state index is 13.2. The molecule has 0 bridgehead atoms. The van der Waals surface area contributed by atoms with Crippen LogP contribution in [0.15, 0.2) is 48.5 Å². The Bertz CT molecular complexity index is 898. The first kappa shape index (κ1) is 18.3. The second-order valence-electron chi connectivity index (χ2n) is 7.17. The number of fused-ring (bicyclic) bond motifs is 1. The number of likely N-dealkylation sites (tertiary alicyclic amines) is 1. The van der Waals surface area contributed by atoms with Gasteiger partial charge in [0, 0.05) is 6.54 Å². The van der Waals surface area contributed by atoms with Gasteiger partial charge in [-0.25, -0.2) is 0 Å². The fourth-order valence-corrected chi connectivity index (χ4v) is 4.01. The van der Waals surface area contributed by atoms with Crippen LogP contribution in [0, 0.1) is 0 Å². The van der Waals surface area contributed by atoms with Crippen LogP contribution in [-0.2, 0) is 9.59 Å². The summed E-state index contributed by atoms with van der Waals surface area (Å²) >= 11 is 0. The molecule has 2 aromatic carbocycles. The number of nitrogens with zero attached hydrogens (tertiary/aromatic N) is 2. The first-order valence-electron chi connectivity index (χ1n) is 9.59. The molecule has 0 aromatic heterocycles. The molecule has 6 nitrogen and oxygen atoms in total. The Balaban J connectivity index is 1.56. The number of rotatable bonds is 4. The second kappa shape index (κ2) is 7.54. The van der Waals surface area contributed by atoms with Gasteiger partial charge in [0.1, 0.15) is 18.0 Å². The summed E-state index contributed by atoms with van der Waals surface area (Å²) in [4.78, 5) is 29.3. The summed E-state index contributed by atoms with van der Waals surface area (Å²) in [5.74, 6) is 1.17. The molecular weight excluding hydrogens is 356 g/mol. The van der Waals surface area contributed by atoms with Crippen molar-refractivity contribution in [2.24, 2.45) is 0 Å². The number of para-hydroxylation sites is 2. The molecule has 0 N–H and O–H groups in total. The molecule has 2 amide bonds. The lowest BCUT2D eigenvalue weighted by atomic mass is 10.0. The van der Waals surface area contributed by atoms with Gasteiger partial charge in [-0.2, -0.15) is 0 Å². The Labute approximate surface area is 164 Å². The van der Waals surface area contributed by atoms with Crippen molar-refractivity contribution in [3.63, 3.8) is 0 Å². The topological polar surface area (TPSA) is 59.1 Å². The lowest BCUT2D eigenvalue weighted by molar-refractivity contribution is -0.133. The van der Waals surface area contributed by atoms with E-state index in [9.17, 15) is 9.59 Å². The first-order chi connectivity index (χ1) is 13.6. The third kappa shape index (κ3) is 3.30. The Morgan fingerprint density at radius 1 is 1.21 bits per heavy atom. The van der Waals surface area contributed by atoms with Crippen molar-refractivity contribution in [1.82, 2.24) is 4.90 Å². The number of hydrogen-bond donors (Lipinski definition) is 0. The zero-order valence-corrected chi connectivity index (χ0v) is 16.1. The Kier molecular flexibility index (Phi) is 4.94. The smallest absolute Gasteiger partial charge is 0.268 e. The summed E-state index contributed by atoms with van der Waals surface area (Å²) < 4.78 is 11.0. The highest BCUT2D eigenvalue weighted by atomic mass is 16.5. The highest BCUT2D eigenvalue weighted by Gasteiger charge is 2.36. The molecule has 0 spiro atoms. The molecular formula is C22H24N2O4. The molecule has 0 aliphatic carbocycles. The summed E-state index contributed by atoms with van der Waals surface area (Å²) in [6.45, 7) is 2.42. The van der Waals surface area contributed by atoms with Gasteiger partial charge in [-0.05, 0) is 49.6 Å². The van der Waals surface area contributed by atoms with Crippen LogP contribution in [0.5, 0.6) is 11.5 Å². The number of hydrogen-bond acceptors (Lipinski definition) is 4. The minimum atomic E-state index is -0.601. The Morgan fingerprint density at radius 3 is 2.86 bits per heavy atom. The number of methoxy groups -OCH3 is 1. The van der Waals surface area contributed by atoms with E-state index in [0.29, 0.717) is 18.0 Å². The van der Waals surface area contributed by atoms with Gasteiger partial charge in [-0.15, -0.1) is 0 Å². The standard InChI is InChI=1S/C22H24N2O4/c1-15-22(26)24(19-9-3-4-11-20(19)28-15)14-21(25)23-12-6-10-18(23)16-7-5-8-17(13-16)27-2/h3-5,7-9,11,13,15,18H,6,10,12,14H2,1-2H3. The zero-order chi connectivity index (χ0) is 19.7. The summed E-state index contributed by atoms with van der Waals surface area (Å²) in [6, 6.07) is 15.2. The predicted molar refractivity (Wildman–Crippen MR) is 106 cm³/mol. The molecule has 2 aliphatic heterocycles. The van der Waals surface area contributed by atoms with E-state index in [1.807, 2.05) is 53.4 Å². The van der Waals surface area contributed by atoms with Crippen LogP contribution in [-0.4, -0.2) is 43.0 Å².